The summed E-state index contributed by atoms with van der Waals surface area (Å²) in [5.41, 5.74) is 0.545. The summed E-state index contributed by atoms with van der Waals surface area (Å²) in [5, 5.41) is 11.4. The standard InChI is InChI=1S/C15H18N2O3/c1-4-19-12-7-5-6-10-8-11(14(16)20-13(10)12)15(18)17-9(2)3/h5-9,16H,4H2,1-3H3,(H,17,18). The minimum Gasteiger partial charge on any atom is -0.490 e. The fourth-order valence-corrected chi connectivity index (χ4v) is 1.91. The number of carbonyl (C=O) groups is 1. The molecule has 2 rings (SSSR count). The number of benzene rings is 1. The van der Waals surface area contributed by atoms with Crippen LogP contribution in [-0.2, 0) is 0 Å². The molecule has 0 radical (unpaired) electrons. The maximum absolute atomic E-state index is 12.0. The van der Waals surface area contributed by atoms with Gasteiger partial charge in [-0.2, -0.15) is 0 Å². The first-order valence-corrected chi connectivity index (χ1v) is 6.58. The number of hydrogen-bond acceptors (Lipinski definition) is 4. The van der Waals surface area contributed by atoms with E-state index in [1.165, 1.54) is 0 Å². The average molecular weight is 274 g/mol. The lowest BCUT2D eigenvalue weighted by Crippen LogP contribution is -2.33. The smallest absolute Gasteiger partial charge is 0.256 e. The van der Waals surface area contributed by atoms with E-state index in [-0.39, 0.29) is 23.1 Å². The van der Waals surface area contributed by atoms with Crippen LogP contribution in [0.3, 0.4) is 0 Å². The Labute approximate surface area is 117 Å². The van der Waals surface area contributed by atoms with Gasteiger partial charge in [0.2, 0.25) is 5.55 Å². The van der Waals surface area contributed by atoms with Crippen LogP contribution in [-0.4, -0.2) is 18.6 Å². The van der Waals surface area contributed by atoms with Crippen LogP contribution in [0, 0.1) is 5.41 Å². The van der Waals surface area contributed by atoms with Crippen LogP contribution >= 0.6 is 0 Å². The molecule has 0 aliphatic rings. The molecule has 5 nitrogen and oxygen atoms in total. The van der Waals surface area contributed by atoms with E-state index in [2.05, 4.69) is 5.32 Å². The van der Waals surface area contributed by atoms with Gasteiger partial charge in [-0.1, -0.05) is 12.1 Å². The number of para-hydroxylation sites is 1. The third-order valence-corrected chi connectivity index (χ3v) is 2.72. The summed E-state index contributed by atoms with van der Waals surface area (Å²) >= 11 is 0. The van der Waals surface area contributed by atoms with Gasteiger partial charge in [-0.3, -0.25) is 10.2 Å². The fraction of sp³-hybridized carbons (Fsp3) is 0.333. The summed E-state index contributed by atoms with van der Waals surface area (Å²) in [6.45, 7) is 6.13. The normalized spacial score (nSPS) is 10.8. The van der Waals surface area contributed by atoms with Crippen molar-refractivity contribution in [3.63, 3.8) is 0 Å². The van der Waals surface area contributed by atoms with Gasteiger partial charge in [0, 0.05) is 11.4 Å². The molecule has 0 unspecified atom stereocenters. The van der Waals surface area contributed by atoms with Crippen LogP contribution in [0.25, 0.3) is 11.0 Å². The van der Waals surface area contributed by atoms with Gasteiger partial charge in [0.15, 0.2) is 11.3 Å². The predicted molar refractivity (Wildman–Crippen MR) is 75.8 cm³/mol. The van der Waals surface area contributed by atoms with Gasteiger partial charge in [-0.15, -0.1) is 0 Å². The molecule has 1 aromatic heterocycles. The second-order valence-corrected chi connectivity index (χ2v) is 4.72. The van der Waals surface area contributed by atoms with Crippen molar-refractivity contribution in [2.24, 2.45) is 0 Å². The highest BCUT2D eigenvalue weighted by molar-refractivity contribution is 5.97. The molecule has 0 fully saturated rings. The van der Waals surface area contributed by atoms with E-state index >= 15 is 0 Å². The molecule has 1 aromatic carbocycles. The first kappa shape index (κ1) is 14.1. The molecule has 0 saturated carbocycles. The lowest BCUT2D eigenvalue weighted by Gasteiger charge is -2.10. The monoisotopic (exact) mass is 274 g/mol. The first-order chi connectivity index (χ1) is 9.52. The zero-order chi connectivity index (χ0) is 14.7. The number of rotatable bonds is 4. The van der Waals surface area contributed by atoms with E-state index in [0.29, 0.717) is 17.9 Å². The van der Waals surface area contributed by atoms with E-state index < -0.39 is 0 Å². The van der Waals surface area contributed by atoms with E-state index in [0.717, 1.165) is 5.39 Å². The minimum atomic E-state index is -0.308. The average Bonchev–Trinajstić information content (AvgIpc) is 2.38. The summed E-state index contributed by atoms with van der Waals surface area (Å²) in [6.07, 6.45) is 0. The lowest BCUT2D eigenvalue weighted by atomic mass is 10.1. The van der Waals surface area contributed by atoms with Crippen LogP contribution in [0.5, 0.6) is 5.75 Å². The van der Waals surface area contributed by atoms with Crippen LogP contribution in [0.1, 0.15) is 31.1 Å². The second kappa shape index (κ2) is 5.77. The summed E-state index contributed by atoms with van der Waals surface area (Å²) in [5.74, 6) is 0.270. The van der Waals surface area contributed by atoms with Crippen molar-refractivity contribution >= 4 is 16.9 Å². The van der Waals surface area contributed by atoms with Crippen LogP contribution < -0.4 is 15.6 Å². The highest BCUT2D eigenvalue weighted by Crippen LogP contribution is 2.24. The topological polar surface area (TPSA) is 75.3 Å². The van der Waals surface area contributed by atoms with Crippen molar-refractivity contribution in [2.75, 3.05) is 6.61 Å². The maximum atomic E-state index is 12.0. The van der Waals surface area contributed by atoms with Crippen LogP contribution in [0.2, 0.25) is 0 Å². The predicted octanol–water partition coefficient (Wildman–Crippen LogP) is 2.45. The number of nitrogens with one attached hydrogen (secondary N) is 2. The molecule has 1 heterocycles. The largest absolute Gasteiger partial charge is 0.490 e. The maximum Gasteiger partial charge on any atom is 0.256 e. The Hall–Kier alpha value is -2.30. The molecule has 0 bridgehead atoms. The van der Waals surface area contributed by atoms with Crippen LogP contribution in [0.15, 0.2) is 28.7 Å². The second-order valence-electron chi connectivity index (χ2n) is 4.72. The van der Waals surface area contributed by atoms with Gasteiger partial charge in [-0.05, 0) is 32.9 Å². The van der Waals surface area contributed by atoms with Crippen molar-refractivity contribution in [3.8, 4) is 5.75 Å². The molecular formula is C15H18N2O3. The fourth-order valence-electron chi connectivity index (χ4n) is 1.91. The molecule has 2 aromatic rings. The lowest BCUT2D eigenvalue weighted by molar-refractivity contribution is 0.0938. The number of carbonyl (C=O) groups excluding carboxylic acids is 1. The Morgan fingerprint density at radius 1 is 1.45 bits per heavy atom. The zero-order valence-electron chi connectivity index (χ0n) is 11.8. The molecule has 1 amide bonds. The van der Waals surface area contributed by atoms with E-state index in [1.807, 2.05) is 32.9 Å². The third kappa shape index (κ3) is 2.82. The number of amides is 1. The van der Waals surface area contributed by atoms with Crippen molar-refractivity contribution in [2.45, 2.75) is 26.8 Å². The van der Waals surface area contributed by atoms with Gasteiger partial charge < -0.3 is 14.5 Å². The van der Waals surface area contributed by atoms with Gasteiger partial charge in [0.25, 0.3) is 5.91 Å². The zero-order valence-corrected chi connectivity index (χ0v) is 11.8. The molecule has 106 valence electrons. The molecule has 0 saturated heterocycles. The first-order valence-electron chi connectivity index (χ1n) is 6.58. The Morgan fingerprint density at radius 3 is 2.85 bits per heavy atom. The molecule has 2 N–H and O–H groups in total. The SMILES string of the molecule is CCOc1cccc2cc(C(=O)NC(C)C)c(=N)oc12. The molecule has 0 aliphatic heterocycles. The van der Waals surface area contributed by atoms with Gasteiger partial charge in [0.1, 0.15) is 5.56 Å². The van der Waals surface area contributed by atoms with Gasteiger partial charge in [-0.25, -0.2) is 0 Å². The van der Waals surface area contributed by atoms with Crippen molar-refractivity contribution < 1.29 is 13.9 Å². The summed E-state index contributed by atoms with van der Waals surface area (Å²) in [7, 11) is 0. The van der Waals surface area contributed by atoms with E-state index in [9.17, 15) is 4.79 Å². The Balaban J connectivity index is 2.53. The third-order valence-electron chi connectivity index (χ3n) is 2.72. The van der Waals surface area contributed by atoms with E-state index in [4.69, 9.17) is 14.6 Å². The Morgan fingerprint density at radius 2 is 2.20 bits per heavy atom. The molecular weight excluding hydrogens is 256 g/mol. The van der Waals surface area contributed by atoms with Gasteiger partial charge >= 0.3 is 0 Å². The highest BCUT2D eigenvalue weighted by atomic mass is 16.5. The number of hydrogen-bond donors (Lipinski definition) is 2. The van der Waals surface area contributed by atoms with Crippen LogP contribution in [0.4, 0.5) is 0 Å². The molecule has 0 atom stereocenters. The number of fused-ring (bicyclic) bond motifs is 1. The molecule has 0 spiro atoms. The molecule has 5 heteroatoms. The van der Waals surface area contributed by atoms with Gasteiger partial charge in [0.05, 0.1) is 6.61 Å². The summed E-state index contributed by atoms with van der Waals surface area (Å²) in [6, 6.07) is 7.10. The minimum absolute atomic E-state index is 0.00681. The van der Waals surface area contributed by atoms with Crippen molar-refractivity contribution in [1.29, 1.82) is 5.41 Å². The Bertz CT molecular complexity index is 689. The highest BCUT2D eigenvalue weighted by Gasteiger charge is 2.14. The van der Waals surface area contributed by atoms with Crippen molar-refractivity contribution in [1.82, 2.24) is 5.32 Å². The van der Waals surface area contributed by atoms with E-state index in [1.54, 1.807) is 12.1 Å². The quantitative estimate of drug-likeness (QED) is 0.899. The summed E-state index contributed by atoms with van der Waals surface area (Å²) < 4.78 is 10.9. The van der Waals surface area contributed by atoms with Crippen molar-refractivity contribution in [3.05, 3.63) is 35.4 Å². The summed E-state index contributed by atoms with van der Waals surface area (Å²) in [4.78, 5) is 12.0. The Kier molecular flexibility index (Phi) is 4.08. The molecule has 0 aliphatic carbocycles. The molecule has 20 heavy (non-hydrogen) atoms. The number of ether oxygens (including phenoxy) is 1.